The topological polar surface area (TPSA) is 61.9 Å². The molecule has 1 fully saturated rings. The first-order valence-electron chi connectivity index (χ1n) is 8.97. The number of carbonyl (C=O) groups excluding carboxylic acids is 1. The number of rotatable bonds is 3. The van der Waals surface area contributed by atoms with E-state index in [1.54, 1.807) is 11.8 Å². The lowest BCUT2D eigenvalue weighted by molar-refractivity contribution is 0.0738. The number of hydrogen-bond donors (Lipinski definition) is 1. The van der Waals surface area contributed by atoms with Crippen molar-refractivity contribution < 1.29 is 4.79 Å². The number of nitrogens with one attached hydrogen (secondary N) is 1. The second kappa shape index (κ2) is 7.50. The van der Waals surface area contributed by atoms with Crippen LogP contribution in [0.5, 0.6) is 0 Å². The van der Waals surface area contributed by atoms with Crippen LogP contribution in [0.3, 0.4) is 0 Å². The van der Waals surface area contributed by atoms with Gasteiger partial charge in [-0.05, 0) is 55.9 Å². The molecule has 1 atom stereocenters. The summed E-state index contributed by atoms with van der Waals surface area (Å²) in [6.07, 6.45) is 7.08. The maximum absolute atomic E-state index is 12.7. The average molecular weight is 366 g/mol. The number of aryl methyl sites for hydroxylation is 1. The van der Waals surface area contributed by atoms with Gasteiger partial charge in [-0.25, -0.2) is 0 Å². The second-order valence-corrected chi connectivity index (χ2v) is 7.85. The fraction of sp³-hybridized carbons (Fsp3) is 0.350. The Labute approximate surface area is 157 Å². The molecule has 6 heteroatoms. The molecule has 0 aromatic carbocycles. The van der Waals surface area contributed by atoms with E-state index in [1.807, 2.05) is 36.1 Å². The molecule has 0 spiro atoms. The smallest absolute Gasteiger partial charge is 0.274 e. The zero-order valence-corrected chi connectivity index (χ0v) is 15.6. The van der Waals surface area contributed by atoms with Crippen molar-refractivity contribution in [2.45, 2.75) is 31.4 Å². The normalized spacial score (nSPS) is 19.8. The molecule has 2 aromatic rings. The minimum Gasteiger partial charge on any atom is -0.337 e. The number of allylic oxidation sites excluding steroid dienone is 1. The highest BCUT2D eigenvalue weighted by atomic mass is 32.2. The molecule has 1 unspecified atom stereocenters. The van der Waals surface area contributed by atoms with Crippen molar-refractivity contribution in [2.24, 2.45) is 0 Å². The highest BCUT2D eigenvalue weighted by molar-refractivity contribution is 8.02. The predicted molar refractivity (Wildman–Crippen MR) is 105 cm³/mol. The van der Waals surface area contributed by atoms with Crippen LogP contribution in [0.4, 0.5) is 0 Å². The number of aromatic nitrogens is 3. The predicted octanol–water partition coefficient (Wildman–Crippen LogP) is 4.12. The molecule has 0 saturated carbocycles. The minimum atomic E-state index is 0.0242. The average Bonchev–Trinajstić information content (AvgIpc) is 3.33. The van der Waals surface area contributed by atoms with Gasteiger partial charge < -0.3 is 4.90 Å². The number of H-pyrrole nitrogens is 1. The molecule has 2 aliphatic rings. The van der Waals surface area contributed by atoms with E-state index in [2.05, 4.69) is 32.7 Å². The van der Waals surface area contributed by atoms with Crippen LogP contribution in [0.2, 0.25) is 0 Å². The van der Waals surface area contributed by atoms with E-state index >= 15 is 0 Å². The molecule has 1 saturated heterocycles. The van der Waals surface area contributed by atoms with E-state index in [0.717, 1.165) is 49.4 Å². The van der Waals surface area contributed by atoms with Gasteiger partial charge in [0.1, 0.15) is 5.69 Å². The van der Waals surface area contributed by atoms with Gasteiger partial charge in [0.05, 0.1) is 10.9 Å². The molecule has 2 aliphatic heterocycles. The van der Waals surface area contributed by atoms with Crippen molar-refractivity contribution in [1.82, 2.24) is 20.1 Å². The van der Waals surface area contributed by atoms with Crippen molar-refractivity contribution in [1.29, 1.82) is 0 Å². The molecule has 1 amide bonds. The number of aromatic amines is 1. The highest BCUT2D eigenvalue weighted by Gasteiger charge is 2.24. The molecule has 26 heavy (non-hydrogen) atoms. The Kier molecular flexibility index (Phi) is 4.93. The monoisotopic (exact) mass is 366 g/mol. The van der Waals surface area contributed by atoms with Gasteiger partial charge in [-0.2, -0.15) is 5.10 Å². The zero-order valence-electron chi connectivity index (χ0n) is 14.8. The van der Waals surface area contributed by atoms with E-state index < -0.39 is 0 Å². The summed E-state index contributed by atoms with van der Waals surface area (Å²) in [7, 11) is 0. The number of hydrogen-bond acceptors (Lipinski definition) is 4. The summed E-state index contributed by atoms with van der Waals surface area (Å²) in [6, 6.07) is 7.97. The van der Waals surface area contributed by atoms with Crippen LogP contribution < -0.4 is 0 Å². The summed E-state index contributed by atoms with van der Waals surface area (Å²) in [6.45, 7) is 3.47. The van der Waals surface area contributed by atoms with E-state index in [0.29, 0.717) is 10.9 Å². The number of pyridine rings is 1. The fourth-order valence-corrected chi connectivity index (χ4v) is 4.25. The van der Waals surface area contributed by atoms with Gasteiger partial charge in [0, 0.05) is 24.5 Å². The first-order valence-corrected chi connectivity index (χ1v) is 9.91. The standard InChI is InChI=1S/C20H22N4OS/c1-14-4-2-5-16(21-14)12-15-7-9-24(10-8-15)20(25)18-13-17(22-23-18)19-6-3-11-26-19/h2-5,11-13,19H,6-10H2,1H3,(H,22,23). The molecular weight excluding hydrogens is 344 g/mol. The van der Waals surface area contributed by atoms with Crippen LogP contribution in [0.15, 0.2) is 41.3 Å². The zero-order chi connectivity index (χ0) is 17.9. The maximum atomic E-state index is 12.7. The van der Waals surface area contributed by atoms with Crippen molar-refractivity contribution in [3.63, 3.8) is 0 Å². The van der Waals surface area contributed by atoms with Gasteiger partial charge in [0.15, 0.2) is 0 Å². The van der Waals surface area contributed by atoms with Crippen molar-refractivity contribution in [3.8, 4) is 0 Å². The minimum absolute atomic E-state index is 0.0242. The molecule has 0 radical (unpaired) electrons. The SMILES string of the molecule is Cc1cccc(C=C2CCN(C(=O)c3cc(C4CC=CS4)[nH]n3)CC2)n1. The molecule has 134 valence electrons. The fourth-order valence-electron chi connectivity index (χ4n) is 3.35. The molecule has 4 rings (SSSR count). The summed E-state index contributed by atoms with van der Waals surface area (Å²) in [4.78, 5) is 19.2. The number of likely N-dealkylation sites (tertiary alicyclic amines) is 1. The third-order valence-electron chi connectivity index (χ3n) is 4.81. The quantitative estimate of drug-likeness (QED) is 0.887. The molecule has 1 N–H and O–H groups in total. The van der Waals surface area contributed by atoms with Crippen LogP contribution in [0.1, 0.15) is 52.1 Å². The Morgan fingerprint density at radius 1 is 1.35 bits per heavy atom. The van der Waals surface area contributed by atoms with Gasteiger partial charge >= 0.3 is 0 Å². The third-order valence-corrected chi connectivity index (χ3v) is 5.93. The number of piperidine rings is 1. The molecule has 0 bridgehead atoms. The van der Waals surface area contributed by atoms with Gasteiger partial charge in [-0.3, -0.25) is 14.9 Å². The van der Waals surface area contributed by atoms with Crippen LogP contribution in [0, 0.1) is 6.92 Å². The third kappa shape index (κ3) is 3.75. The Morgan fingerprint density at radius 3 is 2.92 bits per heavy atom. The van der Waals surface area contributed by atoms with E-state index in [4.69, 9.17) is 0 Å². The summed E-state index contributed by atoms with van der Waals surface area (Å²) in [5, 5.41) is 9.76. The number of nitrogens with zero attached hydrogens (tertiary/aromatic N) is 3. The lowest BCUT2D eigenvalue weighted by atomic mass is 10.0. The summed E-state index contributed by atoms with van der Waals surface area (Å²) in [5.74, 6) is 0.0242. The summed E-state index contributed by atoms with van der Waals surface area (Å²) >= 11 is 1.77. The van der Waals surface area contributed by atoms with Crippen molar-refractivity contribution in [2.75, 3.05) is 13.1 Å². The number of carbonyl (C=O) groups is 1. The summed E-state index contributed by atoms with van der Waals surface area (Å²) < 4.78 is 0. The highest BCUT2D eigenvalue weighted by Crippen LogP contribution is 2.37. The number of thioether (sulfide) groups is 1. The van der Waals surface area contributed by atoms with Crippen molar-refractivity contribution in [3.05, 3.63) is 64.1 Å². The molecular formula is C20H22N4OS. The Hall–Kier alpha value is -2.34. The Bertz CT molecular complexity index is 852. The van der Waals surface area contributed by atoms with Crippen LogP contribution in [-0.4, -0.2) is 39.1 Å². The largest absolute Gasteiger partial charge is 0.337 e. The van der Waals surface area contributed by atoms with Gasteiger partial charge in [0.2, 0.25) is 0 Å². The number of amides is 1. The lowest BCUT2D eigenvalue weighted by Crippen LogP contribution is -2.36. The second-order valence-electron chi connectivity index (χ2n) is 6.74. The molecule has 5 nitrogen and oxygen atoms in total. The molecule has 4 heterocycles. The van der Waals surface area contributed by atoms with Crippen LogP contribution in [-0.2, 0) is 0 Å². The van der Waals surface area contributed by atoms with Crippen molar-refractivity contribution >= 4 is 23.7 Å². The maximum Gasteiger partial charge on any atom is 0.274 e. The summed E-state index contributed by atoms with van der Waals surface area (Å²) in [5.41, 5.74) is 4.94. The van der Waals surface area contributed by atoms with Gasteiger partial charge in [0.25, 0.3) is 5.91 Å². The first kappa shape index (κ1) is 17.1. The van der Waals surface area contributed by atoms with Gasteiger partial charge in [-0.15, -0.1) is 11.8 Å². The first-order chi connectivity index (χ1) is 12.7. The Morgan fingerprint density at radius 2 is 2.19 bits per heavy atom. The van der Waals surface area contributed by atoms with Crippen LogP contribution >= 0.6 is 11.8 Å². The van der Waals surface area contributed by atoms with E-state index in [1.165, 1.54) is 5.57 Å². The molecule has 2 aromatic heterocycles. The lowest BCUT2D eigenvalue weighted by Gasteiger charge is -2.27. The van der Waals surface area contributed by atoms with Gasteiger partial charge in [-0.1, -0.05) is 17.7 Å². The van der Waals surface area contributed by atoms with E-state index in [9.17, 15) is 4.79 Å². The van der Waals surface area contributed by atoms with Crippen LogP contribution in [0.25, 0.3) is 6.08 Å². The van der Waals surface area contributed by atoms with E-state index in [-0.39, 0.29) is 5.91 Å². The molecule has 0 aliphatic carbocycles. The Balaban J connectivity index is 1.37.